The minimum absolute atomic E-state index is 0.180. The van der Waals surface area contributed by atoms with Gasteiger partial charge < -0.3 is 5.32 Å². The zero-order chi connectivity index (χ0) is 13.8. The molecule has 0 aliphatic carbocycles. The van der Waals surface area contributed by atoms with Gasteiger partial charge in [-0.2, -0.15) is 0 Å². The van der Waals surface area contributed by atoms with Crippen molar-refractivity contribution in [1.82, 2.24) is 5.32 Å². The molecule has 1 N–H and O–H groups in total. The smallest absolute Gasteiger partial charge is 0.124 e. The molecule has 100 valence electrons. The van der Waals surface area contributed by atoms with E-state index in [0.29, 0.717) is 0 Å². The molecule has 0 aliphatic heterocycles. The maximum atomic E-state index is 13.6. The van der Waals surface area contributed by atoms with Crippen LogP contribution in [0.3, 0.4) is 0 Å². The molecule has 1 nitrogen and oxygen atoms in total. The minimum atomic E-state index is -0.180. The van der Waals surface area contributed by atoms with Gasteiger partial charge in [0.25, 0.3) is 0 Å². The molecule has 0 heterocycles. The largest absolute Gasteiger partial charge is 0.310 e. The quantitative estimate of drug-likeness (QED) is 0.852. The molecule has 0 saturated carbocycles. The molecule has 0 bridgehead atoms. The van der Waals surface area contributed by atoms with Gasteiger partial charge in [-0.15, -0.1) is 0 Å². The summed E-state index contributed by atoms with van der Waals surface area (Å²) in [6.07, 6.45) is 0. The van der Waals surface area contributed by atoms with Crippen LogP contribution in [0.2, 0.25) is 0 Å². The van der Waals surface area contributed by atoms with Crippen molar-refractivity contribution >= 4 is 0 Å². The third-order valence-electron chi connectivity index (χ3n) is 3.29. The lowest BCUT2D eigenvalue weighted by Crippen LogP contribution is -2.18. The lowest BCUT2D eigenvalue weighted by atomic mass is 9.94. The maximum absolute atomic E-state index is 13.6. The third-order valence-corrected chi connectivity index (χ3v) is 3.29. The van der Waals surface area contributed by atoms with Crippen molar-refractivity contribution < 1.29 is 4.39 Å². The molecule has 0 aliphatic rings. The van der Waals surface area contributed by atoms with E-state index >= 15 is 0 Å². The fourth-order valence-electron chi connectivity index (χ4n) is 2.45. The molecule has 0 fully saturated rings. The molecule has 19 heavy (non-hydrogen) atoms. The predicted molar refractivity (Wildman–Crippen MR) is 78.7 cm³/mol. The summed E-state index contributed by atoms with van der Waals surface area (Å²) in [6.45, 7) is 7.06. The van der Waals surface area contributed by atoms with E-state index in [1.807, 2.05) is 25.1 Å². The third kappa shape index (κ3) is 3.21. The molecular formula is C17H20FN. The summed E-state index contributed by atoms with van der Waals surface area (Å²) in [7, 11) is 0. The Morgan fingerprint density at radius 2 is 1.89 bits per heavy atom. The molecule has 0 aromatic heterocycles. The Morgan fingerprint density at radius 1 is 1.16 bits per heavy atom. The number of benzene rings is 2. The number of hydrogen-bond donors (Lipinski definition) is 1. The average Bonchev–Trinajstić information content (AvgIpc) is 2.38. The van der Waals surface area contributed by atoms with Gasteiger partial charge in [0, 0.05) is 6.04 Å². The van der Waals surface area contributed by atoms with Gasteiger partial charge in [0.15, 0.2) is 0 Å². The zero-order valence-electron chi connectivity index (χ0n) is 11.7. The van der Waals surface area contributed by atoms with Crippen LogP contribution < -0.4 is 5.32 Å². The molecule has 2 rings (SSSR count). The molecule has 2 aromatic carbocycles. The van der Waals surface area contributed by atoms with E-state index in [1.165, 1.54) is 5.56 Å². The van der Waals surface area contributed by atoms with Crippen molar-refractivity contribution in [3.05, 3.63) is 59.4 Å². The second-order valence-corrected chi connectivity index (χ2v) is 4.88. The monoisotopic (exact) mass is 257 g/mol. The van der Waals surface area contributed by atoms with Crippen LogP contribution in [0, 0.1) is 12.7 Å². The van der Waals surface area contributed by atoms with Gasteiger partial charge in [0.05, 0.1) is 0 Å². The first-order valence-electron chi connectivity index (χ1n) is 6.71. The van der Waals surface area contributed by atoms with E-state index in [0.717, 1.165) is 23.2 Å². The Kier molecular flexibility index (Phi) is 4.33. The second kappa shape index (κ2) is 5.98. The highest BCUT2D eigenvalue weighted by Gasteiger charge is 2.11. The molecule has 0 saturated heterocycles. The van der Waals surface area contributed by atoms with E-state index in [1.54, 1.807) is 12.1 Å². The van der Waals surface area contributed by atoms with Crippen LogP contribution in [0.4, 0.5) is 4.39 Å². The second-order valence-electron chi connectivity index (χ2n) is 4.88. The molecular weight excluding hydrogens is 237 g/mol. The van der Waals surface area contributed by atoms with E-state index in [2.05, 4.69) is 31.3 Å². The summed E-state index contributed by atoms with van der Waals surface area (Å²) in [6, 6.07) is 13.6. The average molecular weight is 257 g/mol. The van der Waals surface area contributed by atoms with Gasteiger partial charge >= 0.3 is 0 Å². The summed E-state index contributed by atoms with van der Waals surface area (Å²) < 4.78 is 13.6. The first-order chi connectivity index (χ1) is 9.11. The Morgan fingerprint density at radius 3 is 2.58 bits per heavy atom. The first-order valence-corrected chi connectivity index (χ1v) is 6.71. The van der Waals surface area contributed by atoms with E-state index in [4.69, 9.17) is 0 Å². The van der Waals surface area contributed by atoms with E-state index in [-0.39, 0.29) is 11.9 Å². The highest BCUT2D eigenvalue weighted by Crippen LogP contribution is 2.29. The lowest BCUT2D eigenvalue weighted by Gasteiger charge is -2.17. The van der Waals surface area contributed by atoms with Gasteiger partial charge in [-0.1, -0.05) is 37.3 Å². The van der Waals surface area contributed by atoms with Gasteiger partial charge in [0.2, 0.25) is 0 Å². The van der Waals surface area contributed by atoms with Crippen molar-refractivity contribution in [2.24, 2.45) is 0 Å². The van der Waals surface area contributed by atoms with Crippen molar-refractivity contribution in [1.29, 1.82) is 0 Å². The number of nitrogens with one attached hydrogen (secondary N) is 1. The molecule has 0 spiro atoms. The Hall–Kier alpha value is -1.67. The predicted octanol–water partition coefficient (Wildman–Crippen LogP) is 4.47. The Balaban J connectivity index is 2.49. The molecule has 0 radical (unpaired) electrons. The Labute approximate surface area is 114 Å². The van der Waals surface area contributed by atoms with Crippen molar-refractivity contribution in [2.75, 3.05) is 6.54 Å². The summed E-state index contributed by atoms with van der Waals surface area (Å²) in [5.41, 5.74) is 4.19. The standard InChI is InChI=1S/C17H20FN/c1-4-19-13(3)16-7-5-6-8-17(16)14-9-12(2)10-15(18)11-14/h5-11,13,19H,4H2,1-3H3. The SMILES string of the molecule is CCNC(C)c1ccccc1-c1cc(C)cc(F)c1. The summed E-state index contributed by atoms with van der Waals surface area (Å²) in [5, 5.41) is 3.41. The van der Waals surface area contributed by atoms with E-state index in [9.17, 15) is 4.39 Å². The van der Waals surface area contributed by atoms with Gasteiger partial charge in [0.1, 0.15) is 5.82 Å². The molecule has 2 heteroatoms. The molecule has 0 amide bonds. The van der Waals surface area contributed by atoms with Crippen LogP contribution in [-0.2, 0) is 0 Å². The van der Waals surface area contributed by atoms with Crippen LogP contribution >= 0.6 is 0 Å². The highest BCUT2D eigenvalue weighted by atomic mass is 19.1. The van der Waals surface area contributed by atoms with Crippen LogP contribution in [-0.4, -0.2) is 6.54 Å². The zero-order valence-corrected chi connectivity index (χ0v) is 11.7. The fourth-order valence-corrected chi connectivity index (χ4v) is 2.45. The number of rotatable bonds is 4. The molecule has 1 unspecified atom stereocenters. The fraction of sp³-hybridized carbons (Fsp3) is 0.294. The van der Waals surface area contributed by atoms with Crippen LogP contribution in [0.25, 0.3) is 11.1 Å². The number of aryl methyl sites for hydroxylation is 1. The Bertz CT molecular complexity index is 543. The normalized spacial score (nSPS) is 12.4. The molecule has 2 aromatic rings. The maximum Gasteiger partial charge on any atom is 0.124 e. The molecule has 1 atom stereocenters. The van der Waals surface area contributed by atoms with Gasteiger partial charge in [-0.25, -0.2) is 4.39 Å². The van der Waals surface area contributed by atoms with Crippen LogP contribution in [0.15, 0.2) is 42.5 Å². The topological polar surface area (TPSA) is 12.0 Å². The van der Waals surface area contributed by atoms with Gasteiger partial charge in [-0.05, 0) is 54.8 Å². The van der Waals surface area contributed by atoms with Crippen molar-refractivity contribution in [3.8, 4) is 11.1 Å². The summed E-state index contributed by atoms with van der Waals surface area (Å²) >= 11 is 0. The van der Waals surface area contributed by atoms with Gasteiger partial charge in [-0.3, -0.25) is 0 Å². The summed E-state index contributed by atoms with van der Waals surface area (Å²) in [4.78, 5) is 0. The lowest BCUT2D eigenvalue weighted by molar-refractivity contribution is 0.599. The van der Waals surface area contributed by atoms with E-state index < -0.39 is 0 Å². The summed E-state index contributed by atoms with van der Waals surface area (Å²) in [5.74, 6) is -0.180. The van der Waals surface area contributed by atoms with Crippen LogP contribution in [0.1, 0.15) is 31.0 Å². The van der Waals surface area contributed by atoms with Crippen LogP contribution in [0.5, 0.6) is 0 Å². The number of halogens is 1. The minimum Gasteiger partial charge on any atom is -0.310 e. The first kappa shape index (κ1) is 13.8. The van der Waals surface area contributed by atoms with Crippen molar-refractivity contribution in [3.63, 3.8) is 0 Å². The highest BCUT2D eigenvalue weighted by molar-refractivity contribution is 5.68. The number of hydrogen-bond acceptors (Lipinski definition) is 1. The van der Waals surface area contributed by atoms with Crippen molar-refractivity contribution in [2.45, 2.75) is 26.8 Å².